The average Bonchev–Trinajstić information content (AvgIpc) is 3.08. The van der Waals surface area contributed by atoms with Gasteiger partial charge in [0.25, 0.3) is 0 Å². The molecular weight excluding hydrogens is 526 g/mol. The third-order valence-corrected chi connectivity index (χ3v) is 8.70. The minimum absolute atomic E-state index is 0.535. The Bertz CT molecular complexity index is 2390. The van der Waals surface area contributed by atoms with Gasteiger partial charge in [0.05, 0.1) is 5.52 Å². The van der Waals surface area contributed by atoms with Gasteiger partial charge in [-0.05, 0) is 75.5 Å². The number of aryl methyl sites for hydroxylation is 1. The van der Waals surface area contributed by atoms with E-state index >= 15 is 0 Å². The van der Waals surface area contributed by atoms with Crippen LogP contribution in [-0.4, -0.2) is 15.0 Å². The van der Waals surface area contributed by atoms with Crippen molar-refractivity contribution in [3.8, 4) is 22.8 Å². The van der Waals surface area contributed by atoms with Crippen molar-refractivity contribution in [2.75, 3.05) is 0 Å². The average molecular weight is 552 g/mol. The molecule has 0 spiro atoms. The van der Waals surface area contributed by atoms with Gasteiger partial charge >= 0.3 is 0 Å². The Morgan fingerprint density at radius 3 is 2.30 bits per heavy atom. The summed E-state index contributed by atoms with van der Waals surface area (Å²) in [5.74, 6) is 1.31. The number of benzene rings is 5. The molecule has 3 heterocycles. The van der Waals surface area contributed by atoms with E-state index in [1.165, 1.54) is 33.0 Å². The summed E-state index contributed by atoms with van der Waals surface area (Å²) in [6, 6.07) is 33.9. The van der Waals surface area contributed by atoms with Crippen LogP contribution in [0.25, 0.3) is 71.3 Å². The van der Waals surface area contributed by atoms with Crippen LogP contribution >= 0.6 is 0 Å². The van der Waals surface area contributed by atoms with E-state index in [-0.39, 0.29) is 0 Å². The lowest BCUT2D eigenvalue weighted by Crippen LogP contribution is -1.99. The first-order chi connectivity index (χ1) is 21.3. The van der Waals surface area contributed by atoms with Gasteiger partial charge in [-0.25, -0.2) is 4.98 Å². The summed E-state index contributed by atoms with van der Waals surface area (Å²) in [7, 11) is 0. The highest BCUT2D eigenvalue weighted by atomic mass is 16.5. The van der Waals surface area contributed by atoms with E-state index in [9.17, 15) is 0 Å². The Hall–Kier alpha value is -5.61. The summed E-state index contributed by atoms with van der Waals surface area (Å²) in [4.78, 5) is 14.2. The smallest absolute Gasteiger partial charge is 0.219 e. The molecule has 0 unspecified atom stereocenters. The lowest BCUT2D eigenvalue weighted by Gasteiger charge is -2.21. The van der Waals surface area contributed by atoms with E-state index in [0.29, 0.717) is 5.88 Å². The molecule has 0 N–H and O–H groups in total. The zero-order chi connectivity index (χ0) is 28.3. The monoisotopic (exact) mass is 551 g/mol. The van der Waals surface area contributed by atoms with Crippen LogP contribution < -0.4 is 4.74 Å². The molecule has 1 aliphatic carbocycles. The highest BCUT2D eigenvalue weighted by Gasteiger charge is 2.21. The molecule has 0 fully saturated rings. The van der Waals surface area contributed by atoms with Crippen molar-refractivity contribution in [1.82, 2.24) is 15.0 Å². The number of nitrogens with zero attached hydrogens (tertiary/aromatic N) is 3. The van der Waals surface area contributed by atoms with E-state index < -0.39 is 0 Å². The molecule has 43 heavy (non-hydrogen) atoms. The first-order valence-electron chi connectivity index (χ1n) is 14.7. The number of allylic oxidation sites excluding steroid dienone is 1. The maximum atomic E-state index is 6.76. The fourth-order valence-corrected chi connectivity index (χ4v) is 6.75. The molecule has 0 bridgehead atoms. The number of hydrogen-bond acceptors (Lipinski definition) is 4. The fourth-order valence-electron chi connectivity index (χ4n) is 6.75. The minimum atomic E-state index is 0.535. The van der Waals surface area contributed by atoms with Gasteiger partial charge in [0.2, 0.25) is 5.88 Å². The Labute approximate surface area is 247 Å². The Morgan fingerprint density at radius 1 is 0.628 bits per heavy atom. The van der Waals surface area contributed by atoms with Crippen LogP contribution in [-0.2, 0) is 6.42 Å². The van der Waals surface area contributed by atoms with Crippen LogP contribution in [0.4, 0.5) is 0 Å². The second-order valence-corrected chi connectivity index (χ2v) is 11.1. The molecule has 0 radical (unpaired) electrons. The third-order valence-electron chi connectivity index (χ3n) is 8.70. The SMILES string of the molecule is C1=Cc2c(cc(-c3c4ccccc4c(Oc4ccc5ccc6cccnc6c5n4)c4ccncc34)c3ccccc23)CC1. The topological polar surface area (TPSA) is 47.9 Å². The second-order valence-electron chi connectivity index (χ2n) is 11.1. The Kier molecular flexibility index (Phi) is 5.29. The van der Waals surface area contributed by atoms with Gasteiger partial charge in [-0.2, -0.15) is 0 Å². The van der Waals surface area contributed by atoms with E-state index in [1.54, 1.807) is 0 Å². The van der Waals surface area contributed by atoms with Crippen molar-refractivity contribution in [2.45, 2.75) is 12.8 Å². The first-order valence-corrected chi connectivity index (χ1v) is 14.7. The summed E-state index contributed by atoms with van der Waals surface area (Å²) in [5, 5.41) is 8.84. The van der Waals surface area contributed by atoms with Crippen LogP contribution in [0.15, 0.2) is 122 Å². The maximum absolute atomic E-state index is 6.76. The highest BCUT2D eigenvalue weighted by molar-refractivity contribution is 6.20. The molecule has 0 aliphatic heterocycles. The molecule has 4 nitrogen and oxygen atoms in total. The number of hydrogen-bond donors (Lipinski definition) is 0. The van der Waals surface area contributed by atoms with Crippen LogP contribution in [0.2, 0.25) is 0 Å². The minimum Gasteiger partial charge on any atom is -0.438 e. The van der Waals surface area contributed by atoms with Crippen LogP contribution in [0.3, 0.4) is 0 Å². The highest BCUT2D eigenvalue weighted by Crippen LogP contribution is 2.47. The molecule has 202 valence electrons. The molecule has 5 aromatic carbocycles. The van der Waals surface area contributed by atoms with Gasteiger partial charge in [-0.3, -0.25) is 9.97 Å². The zero-order valence-electron chi connectivity index (χ0n) is 23.3. The van der Waals surface area contributed by atoms with E-state index in [0.717, 1.165) is 61.9 Å². The number of pyridine rings is 3. The number of fused-ring (bicyclic) bond motifs is 8. The number of ether oxygens (including phenoxy) is 1. The molecule has 0 saturated heterocycles. The first kappa shape index (κ1) is 24.0. The molecule has 0 saturated carbocycles. The zero-order valence-corrected chi connectivity index (χ0v) is 23.3. The Balaban J connectivity index is 1.32. The largest absolute Gasteiger partial charge is 0.438 e. The molecule has 0 amide bonds. The predicted molar refractivity (Wildman–Crippen MR) is 177 cm³/mol. The fraction of sp³-hybridized carbons (Fsp3) is 0.0513. The van der Waals surface area contributed by atoms with Crippen molar-refractivity contribution < 1.29 is 4.74 Å². The predicted octanol–water partition coefficient (Wildman–Crippen LogP) is 10.1. The lowest BCUT2D eigenvalue weighted by molar-refractivity contribution is 0.475. The van der Waals surface area contributed by atoms with E-state index in [1.807, 2.05) is 30.7 Å². The van der Waals surface area contributed by atoms with Gasteiger partial charge in [0, 0.05) is 51.6 Å². The number of rotatable bonds is 3. The number of aromatic nitrogens is 3. The molecule has 3 aromatic heterocycles. The van der Waals surface area contributed by atoms with Crippen LogP contribution in [0, 0.1) is 0 Å². The summed E-state index contributed by atoms with van der Waals surface area (Å²) < 4.78 is 6.76. The van der Waals surface area contributed by atoms with Gasteiger partial charge in [0.15, 0.2) is 0 Å². The molecule has 1 aliphatic rings. The Morgan fingerprint density at radius 2 is 1.40 bits per heavy atom. The van der Waals surface area contributed by atoms with Gasteiger partial charge in [-0.1, -0.05) is 78.9 Å². The van der Waals surface area contributed by atoms with Crippen LogP contribution in [0.1, 0.15) is 17.5 Å². The standard InChI is InChI=1S/C39H25N3O/c1-2-10-27-26(8-1)22-33(29-12-4-3-11-28(27)29)36-30-13-5-6-14-31(30)39(32-19-21-40-23-34(32)36)43-35-18-17-25-16-15-24-9-7-20-41-37(24)38(25)42-35/h2-7,9-23H,1,8H2. The van der Waals surface area contributed by atoms with Crippen molar-refractivity contribution in [2.24, 2.45) is 0 Å². The van der Waals surface area contributed by atoms with E-state index in [2.05, 4.69) is 107 Å². The van der Waals surface area contributed by atoms with Crippen molar-refractivity contribution in [3.63, 3.8) is 0 Å². The third kappa shape index (κ3) is 3.73. The van der Waals surface area contributed by atoms with Gasteiger partial charge in [0.1, 0.15) is 11.3 Å². The molecular formula is C39H25N3O. The van der Waals surface area contributed by atoms with E-state index in [4.69, 9.17) is 9.72 Å². The van der Waals surface area contributed by atoms with Crippen molar-refractivity contribution in [3.05, 3.63) is 133 Å². The summed E-state index contributed by atoms with van der Waals surface area (Å²) in [6.07, 6.45) is 12.3. The van der Waals surface area contributed by atoms with Gasteiger partial charge < -0.3 is 4.74 Å². The summed E-state index contributed by atoms with van der Waals surface area (Å²) >= 11 is 0. The van der Waals surface area contributed by atoms with Crippen LogP contribution in [0.5, 0.6) is 11.6 Å². The molecule has 8 aromatic rings. The second kappa shape index (κ2) is 9.47. The molecule has 9 rings (SSSR count). The summed E-state index contributed by atoms with van der Waals surface area (Å²) in [6.45, 7) is 0. The molecule has 4 heteroatoms. The lowest BCUT2D eigenvalue weighted by atomic mass is 9.84. The normalized spacial score (nSPS) is 12.8. The summed E-state index contributed by atoms with van der Waals surface area (Å²) in [5.41, 5.74) is 6.83. The maximum Gasteiger partial charge on any atom is 0.219 e. The van der Waals surface area contributed by atoms with Crippen molar-refractivity contribution >= 4 is 60.2 Å². The molecule has 0 atom stereocenters. The van der Waals surface area contributed by atoms with Crippen molar-refractivity contribution in [1.29, 1.82) is 0 Å². The quantitative estimate of drug-likeness (QED) is 0.162. The van der Waals surface area contributed by atoms with Gasteiger partial charge in [-0.15, -0.1) is 0 Å².